The van der Waals surface area contributed by atoms with E-state index in [1.165, 1.54) is 23.8 Å². The van der Waals surface area contributed by atoms with E-state index in [1.54, 1.807) is 23.5 Å². The molecule has 1 aromatic heterocycles. The second-order valence-corrected chi connectivity index (χ2v) is 5.81. The molecule has 4 heteroatoms. The van der Waals surface area contributed by atoms with E-state index in [0.29, 0.717) is 19.2 Å². The quantitative estimate of drug-likeness (QED) is 0.869. The SMILES string of the molecule is Fc1ccc(OCc2cccs2)c(CNC2CC2)c1. The molecule has 0 radical (unpaired) electrons. The molecular weight excluding hydrogens is 261 g/mol. The van der Waals surface area contributed by atoms with Crippen LogP contribution in [0.4, 0.5) is 4.39 Å². The lowest BCUT2D eigenvalue weighted by atomic mass is 10.2. The Labute approximate surface area is 116 Å². The van der Waals surface area contributed by atoms with E-state index in [9.17, 15) is 4.39 Å². The summed E-state index contributed by atoms with van der Waals surface area (Å²) in [4.78, 5) is 1.17. The van der Waals surface area contributed by atoms with Gasteiger partial charge in [-0.2, -0.15) is 0 Å². The van der Waals surface area contributed by atoms with Gasteiger partial charge >= 0.3 is 0 Å². The minimum atomic E-state index is -0.212. The van der Waals surface area contributed by atoms with Gasteiger partial charge in [0.1, 0.15) is 18.2 Å². The average molecular weight is 277 g/mol. The lowest BCUT2D eigenvalue weighted by Crippen LogP contribution is -2.16. The highest BCUT2D eigenvalue weighted by atomic mass is 32.1. The second kappa shape index (κ2) is 5.72. The lowest BCUT2D eigenvalue weighted by molar-refractivity contribution is 0.305. The first kappa shape index (κ1) is 12.6. The molecule has 1 aliphatic carbocycles. The van der Waals surface area contributed by atoms with Crippen molar-refractivity contribution < 1.29 is 9.13 Å². The van der Waals surface area contributed by atoms with Crippen molar-refractivity contribution in [1.82, 2.24) is 5.32 Å². The van der Waals surface area contributed by atoms with Gasteiger partial charge in [-0.05, 0) is 42.5 Å². The van der Waals surface area contributed by atoms with Crippen LogP contribution in [0.1, 0.15) is 23.3 Å². The van der Waals surface area contributed by atoms with Crippen LogP contribution in [0.3, 0.4) is 0 Å². The number of rotatable bonds is 6. The van der Waals surface area contributed by atoms with Gasteiger partial charge in [-0.15, -0.1) is 11.3 Å². The van der Waals surface area contributed by atoms with E-state index in [-0.39, 0.29) is 5.82 Å². The van der Waals surface area contributed by atoms with Crippen LogP contribution in [0.15, 0.2) is 35.7 Å². The molecule has 100 valence electrons. The zero-order chi connectivity index (χ0) is 13.1. The highest BCUT2D eigenvalue weighted by Gasteiger charge is 2.20. The van der Waals surface area contributed by atoms with Crippen LogP contribution in [0.2, 0.25) is 0 Å². The fourth-order valence-electron chi connectivity index (χ4n) is 1.91. The van der Waals surface area contributed by atoms with E-state index in [2.05, 4.69) is 5.32 Å². The van der Waals surface area contributed by atoms with Gasteiger partial charge in [-0.25, -0.2) is 4.39 Å². The third-order valence-electron chi connectivity index (χ3n) is 3.13. The Morgan fingerprint density at radius 2 is 2.21 bits per heavy atom. The predicted octanol–water partition coefficient (Wildman–Crippen LogP) is 3.72. The maximum absolute atomic E-state index is 13.3. The van der Waals surface area contributed by atoms with Crippen molar-refractivity contribution in [3.05, 3.63) is 52.0 Å². The van der Waals surface area contributed by atoms with Crippen molar-refractivity contribution in [1.29, 1.82) is 0 Å². The highest BCUT2D eigenvalue weighted by Crippen LogP contribution is 2.24. The zero-order valence-electron chi connectivity index (χ0n) is 10.6. The molecule has 0 aliphatic heterocycles. The first-order chi connectivity index (χ1) is 9.31. The molecule has 1 heterocycles. The topological polar surface area (TPSA) is 21.3 Å². The minimum absolute atomic E-state index is 0.212. The summed E-state index contributed by atoms with van der Waals surface area (Å²) in [6.07, 6.45) is 2.45. The molecular formula is C15H16FNOS. The van der Waals surface area contributed by atoms with Gasteiger partial charge in [0, 0.05) is 23.0 Å². The van der Waals surface area contributed by atoms with Crippen molar-refractivity contribution in [2.24, 2.45) is 0 Å². The number of ether oxygens (including phenoxy) is 1. The Morgan fingerprint density at radius 1 is 1.32 bits per heavy atom. The number of halogens is 1. The first-order valence-electron chi connectivity index (χ1n) is 6.48. The fraction of sp³-hybridized carbons (Fsp3) is 0.333. The van der Waals surface area contributed by atoms with Crippen LogP contribution in [-0.2, 0) is 13.2 Å². The molecule has 1 aromatic carbocycles. The largest absolute Gasteiger partial charge is 0.488 e. The molecule has 2 aromatic rings. The average Bonchev–Trinajstić information content (AvgIpc) is 3.10. The number of nitrogens with one attached hydrogen (secondary N) is 1. The molecule has 0 atom stereocenters. The summed E-state index contributed by atoms with van der Waals surface area (Å²) in [5.74, 6) is 0.555. The summed E-state index contributed by atoms with van der Waals surface area (Å²) in [5.41, 5.74) is 0.892. The number of hydrogen-bond donors (Lipinski definition) is 1. The Bertz CT molecular complexity index is 537. The first-order valence-corrected chi connectivity index (χ1v) is 7.36. The Morgan fingerprint density at radius 3 is 2.95 bits per heavy atom. The smallest absolute Gasteiger partial charge is 0.124 e. The van der Waals surface area contributed by atoms with Gasteiger partial charge in [0.2, 0.25) is 0 Å². The van der Waals surface area contributed by atoms with Crippen LogP contribution < -0.4 is 10.1 Å². The van der Waals surface area contributed by atoms with Gasteiger partial charge in [0.25, 0.3) is 0 Å². The molecule has 1 saturated carbocycles. The Hall–Kier alpha value is -1.39. The summed E-state index contributed by atoms with van der Waals surface area (Å²) in [6, 6.07) is 9.37. The van der Waals surface area contributed by atoms with Crippen LogP contribution in [0.25, 0.3) is 0 Å². The van der Waals surface area contributed by atoms with E-state index in [1.807, 2.05) is 17.5 Å². The maximum Gasteiger partial charge on any atom is 0.124 e. The van der Waals surface area contributed by atoms with Crippen LogP contribution >= 0.6 is 11.3 Å². The van der Waals surface area contributed by atoms with E-state index in [0.717, 1.165) is 11.3 Å². The fourth-order valence-corrected chi connectivity index (χ4v) is 2.53. The Balaban J connectivity index is 1.67. The molecule has 0 bridgehead atoms. The number of benzene rings is 1. The van der Waals surface area contributed by atoms with Crippen LogP contribution in [0.5, 0.6) is 5.75 Å². The summed E-state index contributed by atoms with van der Waals surface area (Å²) >= 11 is 1.66. The second-order valence-electron chi connectivity index (χ2n) is 4.78. The summed E-state index contributed by atoms with van der Waals surface area (Å²) in [7, 11) is 0. The van der Waals surface area contributed by atoms with Gasteiger partial charge in [-0.1, -0.05) is 6.07 Å². The van der Waals surface area contributed by atoms with Crippen molar-refractivity contribution in [2.45, 2.75) is 32.0 Å². The molecule has 1 aliphatic rings. The van der Waals surface area contributed by atoms with E-state index >= 15 is 0 Å². The van der Waals surface area contributed by atoms with Crippen molar-refractivity contribution in [3.8, 4) is 5.75 Å². The molecule has 2 nitrogen and oxygen atoms in total. The van der Waals surface area contributed by atoms with Crippen molar-refractivity contribution >= 4 is 11.3 Å². The summed E-state index contributed by atoms with van der Waals surface area (Å²) in [5, 5.41) is 5.42. The van der Waals surface area contributed by atoms with Crippen molar-refractivity contribution in [3.63, 3.8) is 0 Å². The molecule has 0 amide bonds. The number of hydrogen-bond acceptors (Lipinski definition) is 3. The van der Waals surface area contributed by atoms with E-state index < -0.39 is 0 Å². The highest BCUT2D eigenvalue weighted by molar-refractivity contribution is 7.09. The van der Waals surface area contributed by atoms with Gasteiger partial charge in [0.15, 0.2) is 0 Å². The molecule has 0 unspecified atom stereocenters. The van der Waals surface area contributed by atoms with Crippen LogP contribution in [-0.4, -0.2) is 6.04 Å². The van der Waals surface area contributed by atoms with Gasteiger partial charge in [-0.3, -0.25) is 0 Å². The summed E-state index contributed by atoms with van der Waals surface area (Å²) < 4.78 is 19.1. The summed E-state index contributed by atoms with van der Waals surface area (Å²) in [6.45, 7) is 1.21. The van der Waals surface area contributed by atoms with Gasteiger partial charge in [0.05, 0.1) is 0 Å². The molecule has 0 saturated heterocycles. The third kappa shape index (κ3) is 3.55. The molecule has 1 N–H and O–H groups in total. The zero-order valence-corrected chi connectivity index (χ0v) is 11.4. The van der Waals surface area contributed by atoms with Crippen LogP contribution in [0, 0.1) is 5.82 Å². The molecule has 19 heavy (non-hydrogen) atoms. The normalized spacial score (nSPS) is 14.6. The predicted molar refractivity (Wildman–Crippen MR) is 74.9 cm³/mol. The molecule has 0 spiro atoms. The van der Waals surface area contributed by atoms with Crippen molar-refractivity contribution in [2.75, 3.05) is 0 Å². The minimum Gasteiger partial charge on any atom is -0.488 e. The maximum atomic E-state index is 13.3. The van der Waals surface area contributed by atoms with E-state index in [4.69, 9.17) is 4.74 Å². The molecule has 1 fully saturated rings. The Kier molecular flexibility index (Phi) is 3.80. The standard InChI is InChI=1S/C15H16FNOS/c16-12-3-6-15(18-10-14-2-1-7-19-14)11(8-12)9-17-13-4-5-13/h1-3,6-8,13,17H,4-5,9-10H2. The molecule has 3 rings (SSSR count). The van der Waals surface area contributed by atoms with Gasteiger partial charge < -0.3 is 10.1 Å². The lowest BCUT2D eigenvalue weighted by Gasteiger charge is -2.11. The number of thiophene rings is 1. The monoisotopic (exact) mass is 277 g/mol. The third-order valence-corrected chi connectivity index (χ3v) is 3.98.